The van der Waals surface area contributed by atoms with Crippen molar-refractivity contribution < 1.29 is 13.2 Å². The summed E-state index contributed by atoms with van der Waals surface area (Å²) in [6, 6.07) is 10.5. The molecule has 0 aliphatic heterocycles. The van der Waals surface area contributed by atoms with Crippen LogP contribution in [0.25, 0.3) is 22.0 Å². The number of rotatable bonds is 2. The van der Waals surface area contributed by atoms with Crippen LogP contribution in [0.4, 0.5) is 13.2 Å². The molecule has 3 aromatic rings. The molecule has 0 N–H and O–H groups in total. The molecule has 0 atom stereocenters. The highest BCUT2D eigenvalue weighted by molar-refractivity contribution is 7.13. The van der Waals surface area contributed by atoms with Gasteiger partial charge in [-0.2, -0.15) is 13.2 Å². The van der Waals surface area contributed by atoms with Gasteiger partial charge >= 0.3 is 6.18 Å². The van der Waals surface area contributed by atoms with Crippen LogP contribution in [0, 0.1) is 0 Å². The molecule has 0 aliphatic rings. The summed E-state index contributed by atoms with van der Waals surface area (Å²) >= 11 is 1.38. The zero-order chi connectivity index (χ0) is 14.9. The molecule has 6 heteroatoms. The van der Waals surface area contributed by atoms with E-state index in [0.717, 1.165) is 23.5 Å². The SMILES string of the molecule is FC(F)(F)c1ccc(-c2nc(-c3ccccn3)cs2)cc1. The summed E-state index contributed by atoms with van der Waals surface area (Å²) in [6.45, 7) is 0. The number of nitrogens with zero attached hydrogens (tertiary/aromatic N) is 2. The summed E-state index contributed by atoms with van der Waals surface area (Å²) in [6.07, 6.45) is -2.65. The van der Waals surface area contributed by atoms with Crippen LogP contribution < -0.4 is 0 Å². The van der Waals surface area contributed by atoms with E-state index in [9.17, 15) is 13.2 Å². The summed E-state index contributed by atoms with van der Waals surface area (Å²) in [5.41, 5.74) is 1.46. The van der Waals surface area contributed by atoms with Gasteiger partial charge in [0.1, 0.15) is 10.7 Å². The zero-order valence-electron chi connectivity index (χ0n) is 10.6. The number of benzene rings is 1. The lowest BCUT2D eigenvalue weighted by Gasteiger charge is -2.06. The number of halogens is 3. The minimum atomic E-state index is -4.32. The number of alkyl halides is 3. The quantitative estimate of drug-likeness (QED) is 0.673. The first-order valence-electron chi connectivity index (χ1n) is 6.08. The first-order valence-corrected chi connectivity index (χ1v) is 6.96. The molecule has 0 bridgehead atoms. The largest absolute Gasteiger partial charge is 0.416 e. The van der Waals surface area contributed by atoms with Gasteiger partial charge in [-0.05, 0) is 24.3 Å². The molecule has 0 spiro atoms. The third-order valence-corrected chi connectivity index (χ3v) is 3.78. The topological polar surface area (TPSA) is 25.8 Å². The van der Waals surface area contributed by atoms with Crippen LogP contribution in [0.1, 0.15) is 5.56 Å². The Morgan fingerprint density at radius 1 is 0.905 bits per heavy atom. The number of pyridine rings is 1. The van der Waals surface area contributed by atoms with Gasteiger partial charge in [0.05, 0.1) is 11.3 Å². The number of hydrogen-bond acceptors (Lipinski definition) is 3. The number of aromatic nitrogens is 2. The van der Waals surface area contributed by atoms with E-state index in [0.29, 0.717) is 10.6 Å². The minimum absolute atomic E-state index is 0.659. The van der Waals surface area contributed by atoms with Gasteiger partial charge in [0.25, 0.3) is 0 Å². The Labute approximate surface area is 122 Å². The lowest BCUT2D eigenvalue weighted by Crippen LogP contribution is -2.03. The summed E-state index contributed by atoms with van der Waals surface area (Å²) in [4.78, 5) is 8.62. The van der Waals surface area contributed by atoms with E-state index in [1.165, 1.54) is 23.5 Å². The Kier molecular flexibility index (Phi) is 3.47. The molecule has 2 aromatic heterocycles. The molecule has 2 nitrogen and oxygen atoms in total. The first kappa shape index (κ1) is 13.8. The van der Waals surface area contributed by atoms with Gasteiger partial charge in [-0.3, -0.25) is 4.98 Å². The number of hydrogen-bond donors (Lipinski definition) is 0. The maximum Gasteiger partial charge on any atom is 0.416 e. The van der Waals surface area contributed by atoms with Gasteiger partial charge in [-0.25, -0.2) is 4.98 Å². The van der Waals surface area contributed by atoms with Crippen molar-refractivity contribution in [3.05, 3.63) is 59.6 Å². The van der Waals surface area contributed by atoms with E-state index in [1.54, 1.807) is 6.20 Å². The van der Waals surface area contributed by atoms with Crippen molar-refractivity contribution in [3.63, 3.8) is 0 Å². The highest BCUT2D eigenvalue weighted by atomic mass is 32.1. The summed E-state index contributed by atoms with van der Waals surface area (Å²) in [5.74, 6) is 0. The molecule has 0 aliphatic carbocycles. The average molecular weight is 306 g/mol. The normalized spacial score (nSPS) is 11.6. The van der Waals surface area contributed by atoms with Gasteiger partial charge in [0.15, 0.2) is 0 Å². The average Bonchev–Trinajstić information content (AvgIpc) is 2.97. The molecule has 0 amide bonds. The van der Waals surface area contributed by atoms with Gasteiger partial charge in [-0.1, -0.05) is 18.2 Å². The highest BCUT2D eigenvalue weighted by Gasteiger charge is 2.30. The Hall–Kier alpha value is -2.21. The third-order valence-electron chi connectivity index (χ3n) is 2.89. The molecular formula is C15H9F3N2S. The standard InChI is InChI=1S/C15H9F3N2S/c16-15(17,18)11-6-4-10(5-7-11)14-20-13(9-21-14)12-3-1-2-8-19-12/h1-9H. The first-order chi connectivity index (χ1) is 10.0. The van der Waals surface area contributed by atoms with Crippen LogP contribution in [-0.2, 0) is 6.18 Å². The number of thiazole rings is 1. The van der Waals surface area contributed by atoms with Crippen LogP contribution in [-0.4, -0.2) is 9.97 Å². The fourth-order valence-electron chi connectivity index (χ4n) is 1.84. The van der Waals surface area contributed by atoms with Crippen molar-refractivity contribution in [2.45, 2.75) is 6.18 Å². The summed E-state index contributed by atoms with van der Waals surface area (Å²) in [5, 5.41) is 2.51. The van der Waals surface area contributed by atoms with Crippen LogP contribution in [0.3, 0.4) is 0 Å². The second kappa shape index (κ2) is 5.29. The molecule has 2 heterocycles. The van der Waals surface area contributed by atoms with Gasteiger partial charge < -0.3 is 0 Å². The zero-order valence-corrected chi connectivity index (χ0v) is 11.4. The summed E-state index contributed by atoms with van der Waals surface area (Å²) in [7, 11) is 0. The van der Waals surface area contributed by atoms with Crippen LogP contribution >= 0.6 is 11.3 Å². The fraction of sp³-hybridized carbons (Fsp3) is 0.0667. The van der Waals surface area contributed by atoms with E-state index in [4.69, 9.17) is 0 Å². The molecule has 0 unspecified atom stereocenters. The van der Waals surface area contributed by atoms with Crippen molar-refractivity contribution >= 4 is 11.3 Å². The molecule has 1 aromatic carbocycles. The van der Waals surface area contributed by atoms with Crippen molar-refractivity contribution in [2.75, 3.05) is 0 Å². The Bertz CT molecular complexity index is 734. The molecule has 21 heavy (non-hydrogen) atoms. The third kappa shape index (κ3) is 2.95. The summed E-state index contributed by atoms with van der Waals surface area (Å²) < 4.78 is 37.6. The lowest BCUT2D eigenvalue weighted by molar-refractivity contribution is -0.137. The van der Waals surface area contributed by atoms with Crippen LogP contribution in [0.2, 0.25) is 0 Å². The predicted octanol–water partition coefficient (Wildman–Crippen LogP) is 4.89. The van der Waals surface area contributed by atoms with Crippen molar-refractivity contribution in [1.82, 2.24) is 9.97 Å². The van der Waals surface area contributed by atoms with Gasteiger partial charge in [0.2, 0.25) is 0 Å². The molecular weight excluding hydrogens is 297 g/mol. The van der Waals surface area contributed by atoms with Crippen molar-refractivity contribution in [1.29, 1.82) is 0 Å². The second-order valence-electron chi connectivity index (χ2n) is 4.33. The Morgan fingerprint density at radius 3 is 2.29 bits per heavy atom. The predicted molar refractivity (Wildman–Crippen MR) is 75.8 cm³/mol. The van der Waals surface area contributed by atoms with Crippen molar-refractivity contribution in [3.8, 4) is 22.0 Å². The van der Waals surface area contributed by atoms with E-state index in [1.807, 2.05) is 23.6 Å². The highest BCUT2D eigenvalue weighted by Crippen LogP contribution is 2.32. The lowest BCUT2D eigenvalue weighted by atomic mass is 10.1. The smallest absolute Gasteiger partial charge is 0.255 e. The molecule has 0 saturated heterocycles. The molecule has 3 rings (SSSR count). The van der Waals surface area contributed by atoms with Crippen LogP contribution in [0.15, 0.2) is 54.0 Å². The van der Waals surface area contributed by atoms with E-state index < -0.39 is 11.7 Å². The second-order valence-corrected chi connectivity index (χ2v) is 5.19. The van der Waals surface area contributed by atoms with E-state index in [-0.39, 0.29) is 0 Å². The monoisotopic (exact) mass is 306 g/mol. The molecule has 0 saturated carbocycles. The van der Waals surface area contributed by atoms with E-state index in [2.05, 4.69) is 9.97 Å². The molecule has 106 valence electrons. The van der Waals surface area contributed by atoms with Crippen LogP contribution in [0.5, 0.6) is 0 Å². The Morgan fingerprint density at radius 2 is 1.67 bits per heavy atom. The van der Waals surface area contributed by atoms with Gasteiger partial charge in [0, 0.05) is 17.1 Å². The van der Waals surface area contributed by atoms with Crippen molar-refractivity contribution in [2.24, 2.45) is 0 Å². The minimum Gasteiger partial charge on any atom is -0.255 e. The van der Waals surface area contributed by atoms with Gasteiger partial charge in [-0.15, -0.1) is 11.3 Å². The Balaban J connectivity index is 1.90. The maximum absolute atomic E-state index is 12.5. The maximum atomic E-state index is 12.5. The van der Waals surface area contributed by atoms with E-state index >= 15 is 0 Å². The molecule has 0 radical (unpaired) electrons. The fourth-order valence-corrected chi connectivity index (χ4v) is 2.66. The molecule has 0 fully saturated rings.